The van der Waals surface area contributed by atoms with Crippen molar-refractivity contribution in [1.82, 2.24) is 5.16 Å². The van der Waals surface area contributed by atoms with E-state index in [9.17, 15) is 4.79 Å². The summed E-state index contributed by atoms with van der Waals surface area (Å²) in [6.45, 7) is 2.29. The number of hydrogen-bond acceptors (Lipinski definition) is 6. The second-order valence-electron chi connectivity index (χ2n) is 4.05. The lowest BCUT2D eigenvalue weighted by Gasteiger charge is -2.10. The maximum absolute atomic E-state index is 11.5. The number of esters is 1. The number of nitrogens with two attached hydrogens (primary N) is 1. The zero-order valence-corrected chi connectivity index (χ0v) is 10.8. The van der Waals surface area contributed by atoms with Gasteiger partial charge in [0.2, 0.25) is 0 Å². The van der Waals surface area contributed by atoms with Crippen LogP contribution in [0.5, 0.6) is 0 Å². The van der Waals surface area contributed by atoms with Gasteiger partial charge in [-0.2, -0.15) is 0 Å². The summed E-state index contributed by atoms with van der Waals surface area (Å²) >= 11 is 0. The van der Waals surface area contributed by atoms with E-state index in [-0.39, 0.29) is 0 Å². The van der Waals surface area contributed by atoms with Crippen LogP contribution >= 0.6 is 0 Å². The average Bonchev–Trinajstić information content (AvgIpc) is 2.82. The minimum atomic E-state index is -0.461. The number of hydrogen-bond donors (Lipinski definition) is 2. The number of nitrogens with zero attached hydrogens (tertiary/aromatic N) is 1. The molecular formula is C13H15N3O3. The van der Waals surface area contributed by atoms with Crippen LogP contribution in [-0.2, 0) is 11.3 Å². The summed E-state index contributed by atoms with van der Waals surface area (Å²) in [6, 6.07) is 6.96. The van der Waals surface area contributed by atoms with E-state index < -0.39 is 5.97 Å². The number of carbonyl (C=O) groups excluding carboxylic acids is 1. The van der Waals surface area contributed by atoms with Gasteiger partial charge < -0.3 is 20.3 Å². The molecule has 0 unspecified atom stereocenters. The van der Waals surface area contributed by atoms with Gasteiger partial charge in [0.05, 0.1) is 36.3 Å². The Kier molecular flexibility index (Phi) is 3.70. The van der Waals surface area contributed by atoms with Crippen molar-refractivity contribution in [3.05, 3.63) is 41.3 Å². The van der Waals surface area contributed by atoms with Crippen LogP contribution in [0.15, 0.2) is 28.8 Å². The third-order valence-corrected chi connectivity index (χ3v) is 2.64. The monoisotopic (exact) mass is 261 g/mol. The molecule has 100 valence electrons. The van der Waals surface area contributed by atoms with Gasteiger partial charge >= 0.3 is 5.97 Å². The zero-order valence-electron chi connectivity index (χ0n) is 10.8. The molecule has 0 aliphatic carbocycles. The normalized spacial score (nSPS) is 10.2. The third kappa shape index (κ3) is 2.85. The van der Waals surface area contributed by atoms with Crippen molar-refractivity contribution in [3.8, 4) is 0 Å². The van der Waals surface area contributed by atoms with Gasteiger partial charge in [-0.25, -0.2) is 4.79 Å². The molecule has 1 aromatic carbocycles. The quantitative estimate of drug-likeness (QED) is 0.646. The Balaban J connectivity index is 2.14. The maximum Gasteiger partial charge on any atom is 0.340 e. The van der Waals surface area contributed by atoms with Gasteiger partial charge in [0.25, 0.3) is 0 Å². The molecule has 3 N–H and O–H groups in total. The van der Waals surface area contributed by atoms with E-state index in [1.807, 2.05) is 13.0 Å². The van der Waals surface area contributed by atoms with E-state index in [1.54, 1.807) is 18.2 Å². The van der Waals surface area contributed by atoms with Crippen LogP contribution in [-0.4, -0.2) is 18.2 Å². The average molecular weight is 261 g/mol. The zero-order chi connectivity index (χ0) is 13.8. The van der Waals surface area contributed by atoms with Crippen molar-refractivity contribution in [1.29, 1.82) is 0 Å². The Labute approximate surface area is 110 Å². The van der Waals surface area contributed by atoms with E-state index in [1.165, 1.54) is 7.11 Å². The summed E-state index contributed by atoms with van der Waals surface area (Å²) < 4.78 is 9.74. The Hall–Kier alpha value is -2.50. The summed E-state index contributed by atoms with van der Waals surface area (Å²) in [6.07, 6.45) is 0. The lowest BCUT2D eigenvalue weighted by molar-refractivity contribution is 0.0602. The number of methoxy groups -OCH3 is 1. The van der Waals surface area contributed by atoms with Gasteiger partial charge in [0.1, 0.15) is 0 Å². The van der Waals surface area contributed by atoms with Gasteiger partial charge in [-0.1, -0.05) is 11.2 Å². The van der Waals surface area contributed by atoms with E-state index in [2.05, 4.69) is 15.2 Å². The number of nitrogen functional groups attached to an aromatic ring is 1. The van der Waals surface area contributed by atoms with Crippen molar-refractivity contribution in [2.45, 2.75) is 13.5 Å². The Morgan fingerprint density at radius 2 is 2.32 bits per heavy atom. The number of aromatic nitrogens is 1. The molecule has 0 amide bonds. The van der Waals surface area contributed by atoms with Crippen LogP contribution in [0.1, 0.15) is 21.8 Å². The topological polar surface area (TPSA) is 90.4 Å². The van der Waals surface area contributed by atoms with E-state index in [0.29, 0.717) is 29.2 Å². The first-order valence-electron chi connectivity index (χ1n) is 5.74. The molecule has 0 spiro atoms. The second kappa shape index (κ2) is 5.43. The van der Waals surface area contributed by atoms with E-state index >= 15 is 0 Å². The van der Waals surface area contributed by atoms with Gasteiger partial charge in [-0.15, -0.1) is 0 Å². The number of rotatable bonds is 4. The van der Waals surface area contributed by atoms with Gasteiger partial charge in [-0.05, 0) is 19.1 Å². The summed E-state index contributed by atoms with van der Waals surface area (Å²) in [5.41, 5.74) is 8.07. The third-order valence-electron chi connectivity index (χ3n) is 2.64. The number of anilines is 2. The molecule has 2 rings (SSSR count). The van der Waals surface area contributed by atoms with Crippen LogP contribution in [0.3, 0.4) is 0 Å². The first kappa shape index (κ1) is 12.9. The first-order valence-corrected chi connectivity index (χ1v) is 5.74. The minimum absolute atomic E-state index is 0.334. The fraction of sp³-hybridized carbons (Fsp3) is 0.231. The molecule has 0 bridgehead atoms. The predicted octanol–water partition coefficient (Wildman–Crippen LogP) is 1.96. The molecule has 0 aliphatic heterocycles. The molecule has 6 heteroatoms. The van der Waals surface area contributed by atoms with Crippen LogP contribution < -0.4 is 11.1 Å². The number of ether oxygens (including phenoxy) is 1. The molecule has 0 saturated heterocycles. The highest BCUT2D eigenvalue weighted by molar-refractivity contribution is 5.98. The van der Waals surface area contributed by atoms with E-state index in [0.717, 1.165) is 5.69 Å². The Morgan fingerprint density at radius 3 is 2.95 bits per heavy atom. The van der Waals surface area contributed by atoms with Crippen molar-refractivity contribution < 1.29 is 14.1 Å². The summed E-state index contributed by atoms with van der Waals surface area (Å²) in [4.78, 5) is 11.5. The SMILES string of the molecule is COC(=O)c1cccc(NCc2cc(C)no2)c1N. The summed E-state index contributed by atoms with van der Waals surface area (Å²) in [7, 11) is 1.32. The molecule has 6 nitrogen and oxygen atoms in total. The largest absolute Gasteiger partial charge is 0.465 e. The molecule has 0 aliphatic rings. The van der Waals surface area contributed by atoms with Crippen molar-refractivity contribution in [3.63, 3.8) is 0 Å². The second-order valence-corrected chi connectivity index (χ2v) is 4.05. The molecule has 0 atom stereocenters. The van der Waals surface area contributed by atoms with Gasteiger partial charge in [0.15, 0.2) is 5.76 Å². The highest BCUT2D eigenvalue weighted by Gasteiger charge is 2.12. The predicted molar refractivity (Wildman–Crippen MR) is 70.8 cm³/mol. The lowest BCUT2D eigenvalue weighted by Crippen LogP contribution is -2.09. The van der Waals surface area contributed by atoms with Crippen LogP contribution in [0.25, 0.3) is 0 Å². The highest BCUT2D eigenvalue weighted by atomic mass is 16.5. The molecule has 2 aromatic rings. The summed E-state index contributed by atoms with van der Waals surface area (Å²) in [5.74, 6) is 0.233. The standard InChI is InChI=1S/C13H15N3O3/c1-8-6-9(19-16-8)7-15-11-5-3-4-10(12(11)14)13(17)18-2/h3-6,15H,7,14H2,1-2H3. The van der Waals surface area contributed by atoms with Crippen molar-refractivity contribution in [2.24, 2.45) is 0 Å². The minimum Gasteiger partial charge on any atom is -0.465 e. The van der Waals surface area contributed by atoms with Crippen LogP contribution in [0, 0.1) is 6.92 Å². The van der Waals surface area contributed by atoms with Crippen LogP contribution in [0.2, 0.25) is 0 Å². The lowest BCUT2D eigenvalue weighted by atomic mass is 10.1. The molecule has 0 fully saturated rings. The maximum atomic E-state index is 11.5. The molecular weight excluding hydrogens is 246 g/mol. The smallest absolute Gasteiger partial charge is 0.340 e. The van der Waals surface area contributed by atoms with Crippen molar-refractivity contribution >= 4 is 17.3 Å². The molecule has 1 aromatic heterocycles. The molecule has 0 radical (unpaired) electrons. The number of para-hydroxylation sites is 1. The fourth-order valence-corrected chi connectivity index (χ4v) is 1.69. The Bertz CT molecular complexity index is 593. The number of carbonyl (C=O) groups is 1. The Morgan fingerprint density at radius 1 is 1.53 bits per heavy atom. The number of benzene rings is 1. The van der Waals surface area contributed by atoms with Gasteiger partial charge in [-0.3, -0.25) is 0 Å². The molecule has 19 heavy (non-hydrogen) atoms. The molecule has 1 heterocycles. The number of nitrogens with one attached hydrogen (secondary N) is 1. The highest BCUT2D eigenvalue weighted by Crippen LogP contribution is 2.24. The van der Waals surface area contributed by atoms with Gasteiger partial charge in [0, 0.05) is 6.07 Å². The van der Waals surface area contributed by atoms with Crippen LogP contribution in [0.4, 0.5) is 11.4 Å². The summed E-state index contributed by atoms with van der Waals surface area (Å²) in [5, 5.41) is 6.89. The van der Waals surface area contributed by atoms with Crippen molar-refractivity contribution in [2.75, 3.05) is 18.2 Å². The fourth-order valence-electron chi connectivity index (χ4n) is 1.69. The molecule has 0 saturated carbocycles. The number of aryl methyl sites for hydroxylation is 1. The van der Waals surface area contributed by atoms with E-state index in [4.69, 9.17) is 10.3 Å². The first-order chi connectivity index (χ1) is 9.11.